The summed E-state index contributed by atoms with van der Waals surface area (Å²) in [6.07, 6.45) is 4.36. The lowest BCUT2D eigenvalue weighted by molar-refractivity contribution is 1.66. The van der Waals surface area contributed by atoms with E-state index in [9.17, 15) is 0 Å². The van der Waals surface area contributed by atoms with Crippen molar-refractivity contribution in [3.8, 4) is 0 Å². The maximum atomic E-state index is 2.31. The van der Waals surface area contributed by atoms with Crippen LogP contribution in [0.5, 0.6) is 0 Å². The van der Waals surface area contributed by atoms with Crippen LogP contribution in [0.2, 0.25) is 0 Å². The Morgan fingerprint density at radius 2 is 1.04 bits per heavy atom. The molecule has 0 aromatic heterocycles. The summed E-state index contributed by atoms with van der Waals surface area (Å²) in [7, 11) is 0. The summed E-state index contributed by atoms with van der Waals surface area (Å²) >= 11 is 0. The molecule has 0 nitrogen and oxygen atoms in total. The Bertz CT molecular complexity index is 1260. The third kappa shape index (κ3) is 2.57. The molecular formula is C26H18. The van der Waals surface area contributed by atoms with Gasteiger partial charge in [0.25, 0.3) is 0 Å². The Labute approximate surface area is 153 Å². The number of hydrogen-bond acceptors (Lipinski definition) is 0. The molecule has 26 heavy (non-hydrogen) atoms. The van der Waals surface area contributed by atoms with Crippen molar-refractivity contribution in [2.45, 2.75) is 0 Å². The molecule has 122 valence electrons. The number of hydrogen-bond donors (Lipinski definition) is 0. The van der Waals surface area contributed by atoms with Crippen molar-refractivity contribution in [3.63, 3.8) is 0 Å². The standard InChI is InChI=1S/C26H18/c1-2-6-19(7-3-1)10-11-20-12-13-22-15-17-23-16-14-21-8-4-5-9-24(21)26(23)25(22)18-20/h1-18H. The van der Waals surface area contributed by atoms with Gasteiger partial charge in [0.2, 0.25) is 0 Å². The fourth-order valence-electron chi connectivity index (χ4n) is 3.70. The van der Waals surface area contributed by atoms with Crippen LogP contribution in [-0.4, -0.2) is 0 Å². The molecule has 0 saturated heterocycles. The minimum atomic E-state index is 1.22. The van der Waals surface area contributed by atoms with Gasteiger partial charge in [-0.25, -0.2) is 0 Å². The lowest BCUT2D eigenvalue weighted by atomic mass is 9.95. The van der Waals surface area contributed by atoms with Gasteiger partial charge in [-0.1, -0.05) is 103 Å². The Balaban J connectivity index is 1.75. The molecule has 0 heterocycles. The van der Waals surface area contributed by atoms with Crippen LogP contribution in [0.4, 0.5) is 0 Å². The molecule has 0 aliphatic carbocycles. The molecule has 0 bridgehead atoms. The molecular weight excluding hydrogens is 312 g/mol. The predicted octanol–water partition coefficient (Wildman–Crippen LogP) is 7.32. The molecule has 0 aliphatic rings. The molecule has 0 N–H and O–H groups in total. The predicted molar refractivity (Wildman–Crippen MR) is 114 cm³/mol. The van der Waals surface area contributed by atoms with Crippen LogP contribution in [0.25, 0.3) is 44.5 Å². The van der Waals surface area contributed by atoms with E-state index in [1.807, 2.05) is 6.07 Å². The highest BCUT2D eigenvalue weighted by Gasteiger charge is 2.05. The number of rotatable bonds is 2. The lowest BCUT2D eigenvalue weighted by Gasteiger charge is -2.09. The SMILES string of the molecule is C(=Cc1ccc2ccc3ccc4ccccc4c3c2c1)c1ccccc1. The molecule has 0 saturated carbocycles. The van der Waals surface area contributed by atoms with Crippen molar-refractivity contribution >= 4 is 44.5 Å². The van der Waals surface area contributed by atoms with Gasteiger partial charge >= 0.3 is 0 Å². The van der Waals surface area contributed by atoms with Gasteiger partial charge in [-0.3, -0.25) is 0 Å². The van der Waals surface area contributed by atoms with Gasteiger partial charge in [0.05, 0.1) is 0 Å². The zero-order chi connectivity index (χ0) is 17.3. The van der Waals surface area contributed by atoms with Crippen LogP contribution in [0.15, 0.2) is 97.1 Å². The van der Waals surface area contributed by atoms with Gasteiger partial charge < -0.3 is 0 Å². The maximum absolute atomic E-state index is 2.31. The zero-order valence-corrected chi connectivity index (χ0v) is 14.4. The van der Waals surface area contributed by atoms with Crippen LogP contribution in [-0.2, 0) is 0 Å². The first-order chi connectivity index (χ1) is 12.9. The molecule has 0 aliphatic heterocycles. The Hall–Kier alpha value is -3.38. The summed E-state index contributed by atoms with van der Waals surface area (Å²) in [6, 6.07) is 34.7. The summed E-state index contributed by atoms with van der Waals surface area (Å²) in [4.78, 5) is 0. The second-order valence-electron chi connectivity index (χ2n) is 6.67. The summed E-state index contributed by atoms with van der Waals surface area (Å²) < 4.78 is 0. The van der Waals surface area contributed by atoms with Crippen LogP contribution >= 0.6 is 0 Å². The Morgan fingerprint density at radius 1 is 0.423 bits per heavy atom. The van der Waals surface area contributed by atoms with Crippen molar-refractivity contribution in [3.05, 3.63) is 108 Å². The second kappa shape index (κ2) is 6.16. The van der Waals surface area contributed by atoms with Crippen molar-refractivity contribution < 1.29 is 0 Å². The fraction of sp³-hybridized carbons (Fsp3) is 0. The van der Waals surface area contributed by atoms with Gasteiger partial charge in [0, 0.05) is 0 Å². The van der Waals surface area contributed by atoms with E-state index in [2.05, 4.69) is 103 Å². The highest BCUT2D eigenvalue weighted by molar-refractivity contribution is 6.20. The molecule has 0 amide bonds. The highest BCUT2D eigenvalue weighted by Crippen LogP contribution is 2.32. The van der Waals surface area contributed by atoms with E-state index >= 15 is 0 Å². The van der Waals surface area contributed by atoms with E-state index in [-0.39, 0.29) is 0 Å². The Kier molecular flexibility index (Phi) is 3.54. The first kappa shape index (κ1) is 14.9. The first-order valence-electron chi connectivity index (χ1n) is 8.96. The summed E-state index contributed by atoms with van der Waals surface area (Å²) in [5, 5.41) is 7.84. The van der Waals surface area contributed by atoms with E-state index in [0.717, 1.165) is 0 Å². The quantitative estimate of drug-likeness (QED) is 0.235. The van der Waals surface area contributed by atoms with E-state index in [4.69, 9.17) is 0 Å². The van der Waals surface area contributed by atoms with Gasteiger partial charge in [-0.05, 0) is 49.5 Å². The van der Waals surface area contributed by atoms with Crippen LogP contribution in [0.3, 0.4) is 0 Å². The summed E-state index contributed by atoms with van der Waals surface area (Å²) in [5.41, 5.74) is 2.44. The largest absolute Gasteiger partial charge is 0.0622 e. The topological polar surface area (TPSA) is 0 Å². The molecule has 5 aromatic rings. The zero-order valence-electron chi connectivity index (χ0n) is 14.4. The van der Waals surface area contributed by atoms with Gasteiger partial charge in [-0.15, -0.1) is 0 Å². The third-order valence-corrected chi connectivity index (χ3v) is 5.02. The molecule has 0 radical (unpaired) electrons. The van der Waals surface area contributed by atoms with Gasteiger partial charge in [0.1, 0.15) is 0 Å². The van der Waals surface area contributed by atoms with Crippen LogP contribution in [0.1, 0.15) is 11.1 Å². The van der Waals surface area contributed by atoms with E-state index in [1.165, 1.54) is 43.4 Å². The molecule has 5 aromatic carbocycles. The van der Waals surface area contributed by atoms with Gasteiger partial charge in [-0.2, -0.15) is 0 Å². The minimum absolute atomic E-state index is 1.22. The molecule has 0 unspecified atom stereocenters. The molecule has 0 heteroatoms. The van der Waals surface area contributed by atoms with Gasteiger partial charge in [0.15, 0.2) is 0 Å². The van der Waals surface area contributed by atoms with Crippen molar-refractivity contribution in [1.82, 2.24) is 0 Å². The average molecular weight is 330 g/mol. The van der Waals surface area contributed by atoms with Crippen molar-refractivity contribution in [1.29, 1.82) is 0 Å². The molecule has 0 fully saturated rings. The number of benzene rings is 5. The molecule has 0 spiro atoms. The summed E-state index contributed by atoms with van der Waals surface area (Å²) in [6.45, 7) is 0. The molecule has 0 atom stereocenters. The fourth-order valence-corrected chi connectivity index (χ4v) is 3.70. The van der Waals surface area contributed by atoms with E-state index < -0.39 is 0 Å². The monoisotopic (exact) mass is 330 g/mol. The van der Waals surface area contributed by atoms with E-state index in [1.54, 1.807) is 0 Å². The van der Waals surface area contributed by atoms with Crippen LogP contribution in [0, 0.1) is 0 Å². The van der Waals surface area contributed by atoms with E-state index in [0.29, 0.717) is 0 Å². The highest BCUT2D eigenvalue weighted by atomic mass is 14.1. The molecule has 5 rings (SSSR count). The average Bonchev–Trinajstić information content (AvgIpc) is 2.72. The number of fused-ring (bicyclic) bond motifs is 5. The maximum Gasteiger partial charge on any atom is -0.00266 e. The van der Waals surface area contributed by atoms with Crippen LogP contribution < -0.4 is 0 Å². The normalized spacial score (nSPS) is 11.7. The lowest BCUT2D eigenvalue weighted by Crippen LogP contribution is -1.82. The summed E-state index contributed by atoms with van der Waals surface area (Å²) in [5.74, 6) is 0. The van der Waals surface area contributed by atoms with Crippen molar-refractivity contribution in [2.75, 3.05) is 0 Å². The Morgan fingerprint density at radius 3 is 1.88 bits per heavy atom. The minimum Gasteiger partial charge on any atom is -0.0622 e. The second-order valence-corrected chi connectivity index (χ2v) is 6.67. The smallest absolute Gasteiger partial charge is 0.00266 e. The van der Waals surface area contributed by atoms with Crippen molar-refractivity contribution in [2.24, 2.45) is 0 Å². The third-order valence-electron chi connectivity index (χ3n) is 5.02. The first-order valence-corrected chi connectivity index (χ1v) is 8.96.